The lowest BCUT2D eigenvalue weighted by Gasteiger charge is -2.36. The summed E-state index contributed by atoms with van der Waals surface area (Å²) in [7, 11) is 0. The number of alkyl halides is 2. The Bertz CT molecular complexity index is 1700. The van der Waals surface area contributed by atoms with Crippen molar-refractivity contribution in [1.29, 1.82) is 0 Å². The minimum atomic E-state index is -2.95. The highest BCUT2D eigenvalue weighted by atomic mass is 19.3. The van der Waals surface area contributed by atoms with Crippen molar-refractivity contribution in [3.63, 3.8) is 0 Å². The molecule has 0 atom stereocenters. The molecule has 1 fully saturated rings. The van der Waals surface area contributed by atoms with Crippen LogP contribution in [0.2, 0.25) is 0 Å². The lowest BCUT2D eigenvalue weighted by molar-refractivity contribution is -0.132. The fourth-order valence-corrected chi connectivity index (χ4v) is 5.17. The van der Waals surface area contributed by atoms with Crippen LogP contribution in [-0.4, -0.2) is 51.5 Å². The van der Waals surface area contributed by atoms with Gasteiger partial charge in [-0.3, -0.25) is 4.79 Å². The lowest BCUT2D eigenvalue weighted by Crippen LogP contribution is -2.49. The second-order valence-corrected chi connectivity index (χ2v) is 10.5. The smallest absolute Gasteiger partial charge is 0.270 e. The van der Waals surface area contributed by atoms with E-state index in [-0.39, 0.29) is 18.0 Å². The average Bonchev–Trinajstić information content (AvgIpc) is 3.61. The molecule has 0 spiro atoms. The van der Waals surface area contributed by atoms with Gasteiger partial charge < -0.3 is 23.5 Å². The van der Waals surface area contributed by atoms with E-state index >= 15 is 0 Å². The van der Waals surface area contributed by atoms with Crippen LogP contribution in [0.4, 0.5) is 14.5 Å². The first-order chi connectivity index (χ1) is 20.2. The highest BCUT2D eigenvalue weighted by molar-refractivity contribution is 5.81. The highest BCUT2D eigenvalue weighted by Crippen LogP contribution is 2.35. The van der Waals surface area contributed by atoms with Gasteiger partial charge >= 0.3 is 0 Å². The third kappa shape index (κ3) is 5.83. The van der Waals surface area contributed by atoms with Gasteiger partial charge in [-0.1, -0.05) is 36.4 Å². The summed E-state index contributed by atoms with van der Waals surface area (Å²) < 4.78 is 41.2. The van der Waals surface area contributed by atoms with E-state index in [1.54, 1.807) is 16.8 Å². The normalized spacial score (nSPS) is 14.0. The monoisotopic (exact) mass is 571 g/mol. The molecular weight excluding hydrogens is 540 g/mol. The standard InChI is InChI=1S/C32H31F2N5O3/c1-22-35-18-30(42-22)26-10-9-25(17-29(26)41-20-23-6-4-3-5-7-23)37-12-14-38(15-13-37)31(40)19-39-21-36-27-16-24(32(2,33)34)8-11-28(27)39/h3-11,16-18,21H,12-15,19-20H2,1-2H3. The Morgan fingerprint density at radius 2 is 1.79 bits per heavy atom. The number of carbonyl (C=O) groups excluding carboxylic acids is 1. The fraction of sp³-hybridized carbons (Fsp3) is 0.281. The molecule has 10 heteroatoms. The van der Waals surface area contributed by atoms with Gasteiger partial charge in [0.25, 0.3) is 5.92 Å². The Morgan fingerprint density at radius 1 is 1.00 bits per heavy atom. The molecule has 8 nitrogen and oxygen atoms in total. The minimum absolute atomic E-state index is 0.0400. The number of benzene rings is 3. The molecule has 2 aromatic heterocycles. The van der Waals surface area contributed by atoms with Crippen LogP contribution in [0.1, 0.15) is 23.9 Å². The summed E-state index contributed by atoms with van der Waals surface area (Å²) >= 11 is 0. The van der Waals surface area contributed by atoms with Gasteiger partial charge in [0.05, 0.1) is 29.1 Å². The van der Waals surface area contributed by atoms with Crippen LogP contribution in [0.5, 0.6) is 5.75 Å². The van der Waals surface area contributed by atoms with Crippen molar-refractivity contribution >= 4 is 22.6 Å². The summed E-state index contributed by atoms with van der Waals surface area (Å²) in [4.78, 5) is 25.7. The van der Waals surface area contributed by atoms with E-state index in [9.17, 15) is 13.6 Å². The Balaban J connectivity index is 1.13. The van der Waals surface area contributed by atoms with Crippen molar-refractivity contribution in [3.05, 3.63) is 96.3 Å². The van der Waals surface area contributed by atoms with Gasteiger partial charge in [-0.2, -0.15) is 0 Å². The van der Waals surface area contributed by atoms with Crippen molar-refractivity contribution in [3.8, 4) is 17.1 Å². The van der Waals surface area contributed by atoms with Crippen molar-refractivity contribution in [2.45, 2.75) is 32.9 Å². The summed E-state index contributed by atoms with van der Waals surface area (Å²) in [5, 5.41) is 0. The molecule has 0 saturated carbocycles. The van der Waals surface area contributed by atoms with E-state index < -0.39 is 5.92 Å². The second-order valence-electron chi connectivity index (χ2n) is 10.5. The lowest BCUT2D eigenvalue weighted by atomic mass is 10.1. The van der Waals surface area contributed by atoms with Gasteiger partial charge in [-0.15, -0.1) is 0 Å². The van der Waals surface area contributed by atoms with Crippen molar-refractivity contribution in [2.24, 2.45) is 0 Å². The minimum Gasteiger partial charge on any atom is -0.488 e. The number of rotatable bonds is 8. The van der Waals surface area contributed by atoms with Gasteiger partial charge in [0.2, 0.25) is 5.91 Å². The van der Waals surface area contributed by atoms with Crippen LogP contribution in [0.3, 0.4) is 0 Å². The van der Waals surface area contributed by atoms with Gasteiger partial charge in [0.15, 0.2) is 11.7 Å². The van der Waals surface area contributed by atoms with Crippen LogP contribution >= 0.6 is 0 Å². The quantitative estimate of drug-likeness (QED) is 0.226. The molecule has 0 aliphatic carbocycles. The van der Waals surface area contributed by atoms with E-state index in [1.165, 1.54) is 18.5 Å². The molecule has 42 heavy (non-hydrogen) atoms. The summed E-state index contributed by atoms with van der Waals surface area (Å²) in [5.74, 6) is -1.06. The number of oxazole rings is 1. The number of hydrogen-bond acceptors (Lipinski definition) is 6. The molecule has 6 rings (SSSR count). The van der Waals surface area contributed by atoms with E-state index in [2.05, 4.69) is 14.9 Å². The number of carbonyl (C=O) groups is 1. The molecule has 0 unspecified atom stereocenters. The number of aromatic nitrogens is 3. The number of imidazole rings is 1. The summed E-state index contributed by atoms with van der Waals surface area (Å²) in [5.41, 5.74) is 3.88. The summed E-state index contributed by atoms with van der Waals surface area (Å²) in [6.07, 6.45) is 3.23. The maximum atomic E-state index is 13.7. The van der Waals surface area contributed by atoms with Crippen molar-refractivity contribution in [1.82, 2.24) is 19.4 Å². The SMILES string of the molecule is Cc1ncc(-c2ccc(N3CCN(C(=O)Cn4cnc5cc(C(C)(F)F)ccc54)CC3)cc2OCc2ccccc2)o1. The number of fused-ring (bicyclic) bond motifs is 1. The van der Waals surface area contributed by atoms with Gasteiger partial charge in [0.1, 0.15) is 18.9 Å². The molecule has 5 aromatic rings. The van der Waals surface area contributed by atoms with E-state index in [0.29, 0.717) is 61.2 Å². The molecule has 216 valence electrons. The molecule has 1 saturated heterocycles. The first-order valence-corrected chi connectivity index (χ1v) is 13.8. The Hall–Kier alpha value is -4.73. The second kappa shape index (κ2) is 11.3. The molecule has 0 N–H and O–H groups in total. The van der Waals surface area contributed by atoms with E-state index in [4.69, 9.17) is 9.15 Å². The number of aryl methyl sites for hydroxylation is 1. The van der Waals surface area contributed by atoms with E-state index in [0.717, 1.165) is 23.7 Å². The molecule has 0 bridgehead atoms. The number of ether oxygens (including phenoxy) is 1. The molecule has 1 aliphatic rings. The summed E-state index contributed by atoms with van der Waals surface area (Å²) in [6.45, 7) is 5.61. The van der Waals surface area contributed by atoms with Crippen molar-refractivity contribution in [2.75, 3.05) is 31.1 Å². The largest absolute Gasteiger partial charge is 0.488 e. The zero-order valence-electron chi connectivity index (χ0n) is 23.5. The zero-order chi connectivity index (χ0) is 29.3. The Morgan fingerprint density at radius 3 is 2.50 bits per heavy atom. The zero-order valence-corrected chi connectivity index (χ0v) is 23.5. The van der Waals surface area contributed by atoms with Crippen LogP contribution < -0.4 is 9.64 Å². The molecule has 1 aliphatic heterocycles. The highest BCUT2D eigenvalue weighted by Gasteiger charge is 2.26. The predicted octanol–water partition coefficient (Wildman–Crippen LogP) is 6.04. The van der Waals surface area contributed by atoms with Crippen molar-refractivity contribution < 1.29 is 22.7 Å². The van der Waals surface area contributed by atoms with Crippen LogP contribution in [0.15, 0.2) is 83.7 Å². The average molecular weight is 572 g/mol. The van der Waals surface area contributed by atoms with E-state index in [1.807, 2.05) is 60.4 Å². The summed E-state index contributed by atoms with van der Waals surface area (Å²) in [6, 6.07) is 20.4. The predicted molar refractivity (Wildman–Crippen MR) is 156 cm³/mol. The molecule has 3 aromatic carbocycles. The first kappa shape index (κ1) is 27.4. The third-order valence-corrected chi connectivity index (χ3v) is 7.52. The maximum absolute atomic E-state index is 13.7. The maximum Gasteiger partial charge on any atom is 0.270 e. The first-order valence-electron chi connectivity index (χ1n) is 13.8. The number of amides is 1. The van der Waals surface area contributed by atoms with Crippen LogP contribution in [0.25, 0.3) is 22.4 Å². The van der Waals surface area contributed by atoms with Crippen LogP contribution in [0, 0.1) is 6.92 Å². The number of hydrogen-bond donors (Lipinski definition) is 0. The fourth-order valence-electron chi connectivity index (χ4n) is 5.17. The number of halogens is 2. The molecular formula is C32H31F2N5O3. The van der Waals surface area contributed by atoms with Gasteiger partial charge in [0, 0.05) is 57.3 Å². The number of anilines is 1. The van der Waals surface area contributed by atoms with Gasteiger partial charge in [-0.05, 0) is 29.8 Å². The topological polar surface area (TPSA) is 76.6 Å². The number of piperazine rings is 1. The van der Waals surface area contributed by atoms with Crippen LogP contribution in [-0.2, 0) is 23.9 Å². The molecule has 1 amide bonds. The Kier molecular flexibility index (Phi) is 7.36. The third-order valence-electron chi connectivity index (χ3n) is 7.52. The van der Waals surface area contributed by atoms with Gasteiger partial charge in [-0.25, -0.2) is 18.7 Å². The molecule has 0 radical (unpaired) electrons. The molecule has 3 heterocycles. The Labute approximate surface area is 242 Å². The number of nitrogens with zero attached hydrogens (tertiary/aromatic N) is 5.